The van der Waals surface area contributed by atoms with Crippen LogP contribution in [0.15, 0.2) is 60.7 Å². The first-order valence-electron chi connectivity index (χ1n) is 20.2. The smallest absolute Gasteiger partial charge is 0.339 e. The van der Waals surface area contributed by atoms with Crippen LogP contribution >= 0.6 is 0 Å². The van der Waals surface area contributed by atoms with Gasteiger partial charge in [-0.3, -0.25) is 20.2 Å². The summed E-state index contributed by atoms with van der Waals surface area (Å²) in [6, 6.07) is 16.1. The SMILES string of the molecule is O=C(O)c1cc(OCCCCCCOC[C@@H]2CCCN2c2ccc([N+](=O)[O-])cc2)c(C(=O)O)cc1OCCCCCCOC[C@@H]1CCCN1c1ccc([N+](=O)[O-])cc1. The van der Waals surface area contributed by atoms with Crippen LogP contribution < -0.4 is 19.3 Å². The first kappa shape index (κ1) is 43.6. The highest BCUT2D eigenvalue weighted by molar-refractivity contribution is 5.97. The van der Waals surface area contributed by atoms with E-state index < -0.39 is 21.8 Å². The maximum absolute atomic E-state index is 12.1. The van der Waals surface area contributed by atoms with Crippen molar-refractivity contribution in [3.8, 4) is 11.5 Å². The maximum atomic E-state index is 12.1. The minimum atomic E-state index is -1.24. The Labute approximate surface area is 337 Å². The van der Waals surface area contributed by atoms with E-state index in [-0.39, 0.29) is 59.3 Å². The summed E-state index contributed by atoms with van der Waals surface area (Å²) in [5.74, 6) is -2.50. The summed E-state index contributed by atoms with van der Waals surface area (Å²) in [5.41, 5.74) is 1.74. The molecule has 0 saturated carbocycles. The Bertz CT molecular complexity index is 1680. The molecular weight excluding hydrogens is 752 g/mol. The number of nitro groups is 2. The quantitative estimate of drug-likeness (QED) is 0.0446. The fraction of sp³-hybridized carbons (Fsp3) is 0.524. The van der Waals surface area contributed by atoms with Gasteiger partial charge in [0.2, 0.25) is 0 Å². The number of ether oxygens (including phenoxy) is 4. The van der Waals surface area contributed by atoms with Crippen molar-refractivity contribution >= 4 is 34.7 Å². The molecule has 2 aliphatic rings. The highest BCUT2D eigenvalue weighted by Gasteiger charge is 2.27. The molecule has 0 amide bonds. The predicted molar refractivity (Wildman–Crippen MR) is 217 cm³/mol. The van der Waals surface area contributed by atoms with Gasteiger partial charge in [-0.15, -0.1) is 0 Å². The molecule has 0 bridgehead atoms. The predicted octanol–water partition coefficient (Wildman–Crippen LogP) is 8.15. The van der Waals surface area contributed by atoms with Gasteiger partial charge in [0.05, 0.1) is 48.4 Å². The number of anilines is 2. The number of hydrogen-bond donors (Lipinski definition) is 2. The monoisotopic (exact) mass is 806 g/mol. The normalized spacial score (nSPS) is 16.4. The Hall–Kier alpha value is -5.48. The molecule has 2 aliphatic heterocycles. The van der Waals surface area contributed by atoms with Gasteiger partial charge in [0.15, 0.2) is 0 Å². The third-order valence-corrected chi connectivity index (χ3v) is 10.6. The molecule has 5 rings (SSSR count). The molecule has 58 heavy (non-hydrogen) atoms. The molecule has 314 valence electrons. The van der Waals surface area contributed by atoms with E-state index >= 15 is 0 Å². The molecule has 16 heteroatoms. The summed E-state index contributed by atoms with van der Waals surface area (Å²) in [6.45, 7) is 4.59. The van der Waals surface area contributed by atoms with Crippen molar-refractivity contribution in [1.29, 1.82) is 0 Å². The van der Waals surface area contributed by atoms with Crippen LogP contribution in [0.5, 0.6) is 11.5 Å². The number of aromatic carboxylic acids is 2. The van der Waals surface area contributed by atoms with E-state index in [1.54, 1.807) is 24.3 Å². The van der Waals surface area contributed by atoms with Crippen LogP contribution in [-0.2, 0) is 9.47 Å². The first-order valence-corrected chi connectivity index (χ1v) is 20.2. The van der Waals surface area contributed by atoms with E-state index in [1.165, 1.54) is 36.4 Å². The van der Waals surface area contributed by atoms with Crippen LogP contribution in [0.25, 0.3) is 0 Å². The molecule has 2 saturated heterocycles. The van der Waals surface area contributed by atoms with E-state index in [9.17, 15) is 40.0 Å². The molecule has 2 atom stereocenters. The van der Waals surface area contributed by atoms with Gasteiger partial charge in [0.1, 0.15) is 22.6 Å². The fourth-order valence-electron chi connectivity index (χ4n) is 7.48. The summed E-state index contributed by atoms with van der Waals surface area (Å²) in [7, 11) is 0. The van der Waals surface area contributed by atoms with Gasteiger partial charge in [-0.1, -0.05) is 12.8 Å². The number of nitrogens with zero attached hydrogens (tertiary/aromatic N) is 4. The molecule has 0 spiro atoms. The Morgan fingerprint density at radius 1 is 0.586 bits per heavy atom. The van der Waals surface area contributed by atoms with Crippen LogP contribution in [-0.4, -0.2) is 96.8 Å². The number of carbonyl (C=O) groups is 2. The van der Waals surface area contributed by atoms with Crippen molar-refractivity contribution in [3.63, 3.8) is 0 Å². The zero-order valence-electron chi connectivity index (χ0n) is 32.8. The molecule has 2 fully saturated rings. The summed E-state index contributed by atoms with van der Waals surface area (Å²) >= 11 is 0. The van der Waals surface area contributed by atoms with Gasteiger partial charge >= 0.3 is 11.9 Å². The maximum Gasteiger partial charge on any atom is 0.339 e. The summed E-state index contributed by atoms with van der Waals surface area (Å²) in [6.07, 6.45) is 10.5. The highest BCUT2D eigenvalue weighted by Crippen LogP contribution is 2.31. The number of carboxylic acids is 2. The summed E-state index contributed by atoms with van der Waals surface area (Å²) in [4.78, 5) is 49.8. The second-order valence-electron chi connectivity index (χ2n) is 14.7. The third-order valence-electron chi connectivity index (χ3n) is 10.6. The Kier molecular flexibility index (Phi) is 16.9. The lowest BCUT2D eigenvalue weighted by molar-refractivity contribution is -0.385. The summed E-state index contributed by atoms with van der Waals surface area (Å²) < 4.78 is 23.5. The van der Waals surface area contributed by atoms with Crippen LogP contribution in [0.2, 0.25) is 0 Å². The Morgan fingerprint density at radius 2 is 0.948 bits per heavy atom. The molecule has 3 aromatic carbocycles. The van der Waals surface area contributed by atoms with E-state index in [4.69, 9.17) is 18.9 Å². The number of non-ortho nitro benzene ring substituents is 2. The van der Waals surface area contributed by atoms with Crippen molar-refractivity contribution < 1.29 is 48.6 Å². The number of hydrogen-bond acceptors (Lipinski definition) is 12. The van der Waals surface area contributed by atoms with Gasteiger partial charge in [-0.2, -0.15) is 0 Å². The van der Waals surface area contributed by atoms with Crippen LogP contribution in [0.4, 0.5) is 22.7 Å². The Morgan fingerprint density at radius 3 is 1.29 bits per heavy atom. The third kappa shape index (κ3) is 12.8. The number of rotatable bonds is 26. The average Bonchev–Trinajstić information content (AvgIpc) is 3.89. The number of nitro benzene ring substituents is 2. The van der Waals surface area contributed by atoms with Gasteiger partial charge < -0.3 is 39.0 Å². The lowest BCUT2D eigenvalue weighted by atomic mass is 10.1. The van der Waals surface area contributed by atoms with Crippen molar-refractivity contribution in [3.05, 3.63) is 92.0 Å². The van der Waals surface area contributed by atoms with Gasteiger partial charge in [-0.25, -0.2) is 9.59 Å². The zero-order valence-corrected chi connectivity index (χ0v) is 32.8. The van der Waals surface area contributed by atoms with E-state index in [0.717, 1.165) is 88.7 Å². The van der Waals surface area contributed by atoms with Gasteiger partial charge in [0.25, 0.3) is 11.4 Å². The summed E-state index contributed by atoms with van der Waals surface area (Å²) in [5, 5.41) is 41.7. The molecular formula is C42H54N4O12. The lowest BCUT2D eigenvalue weighted by Crippen LogP contribution is -2.33. The van der Waals surface area contributed by atoms with Crippen molar-refractivity contribution in [1.82, 2.24) is 0 Å². The molecule has 2 heterocycles. The minimum absolute atomic E-state index is 0.0109. The van der Waals surface area contributed by atoms with Gasteiger partial charge in [-0.05, 0) is 101 Å². The van der Waals surface area contributed by atoms with Gasteiger partial charge in [0, 0.05) is 61.9 Å². The number of benzene rings is 3. The fourth-order valence-corrected chi connectivity index (χ4v) is 7.48. The number of carboxylic acid groups (broad SMARTS) is 2. The van der Waals surface area contributed by atoms with Crippen molar-refractivity contribution in [2.24, 2.45) is 0 Å². The highest BCUT2D eigenvalue weighted by atomic mass is 16.6. The molecule has 2 N–H and O–H groups in total. The van der Waals surface area contributed by atoms with E-state index in [1.807, 2.05) is 0 Å². The zero-order chi connectivity index (χ0) is 41.3. The molecule has 0 aromatic heterocycles. The van der Waals surface area contributed by atoms with E-state index in [2.05, 4.69) is 9.80 Å². The first-order chi connectivity index (χ1) is 28.1. The van der Waals surface area contributed by atoms with Crippen molar-refractivity contribution in [2.75, 3.05) is 62.5 Å². The average molecular weight is 807 g/mol. The molecule has 0 unspecified atom stereocenters. The molecule has 3 aromatic rings. The second-order valence-corrected chi connectivity index (χ2v) is 14.7. The van der Waals surface area contributed by atoms with Crippen LogP contribution in [0.1, 0.15) is 97.8 Å². The van der Waals surface area contributed by atoms with Crippen LogP contribution in [0, 0.1) is 20.2 Å². The largest absolute Gasteiger partial charge is 0.493 e. The van der Waals surface area contributed by atoms with E-state index in [0.29, 0.717) is 39.3 Å². The molecule has 0 aliphatic carbocycles. The second kappa shape index (κ2) is 22.5. The van der Waals surface area contributed by atoms with Crippen LogP contribution in [0.3, 0.4) is 0 Å². The standard InChI is InChI=1S/C42H54N4O12/c47-41(48)37-28-40(58-26-8-4-2-6-24-56-30-36-12-10-22-44(36)32-15-19-34(20-16-32)46(53)54)38(42(49)50)27-39(37)57-25-7-3-1-5-23-55-29-35-11-9-21-43(35)31-13-17-33(18-14-31)45(51)52/h13-20,27-28,35-36H,1-12,21-26,29-30H2,(H,47,48)(H,49,50)/t35-,36-/m0/s1. The minimum Gasteiger partial charge on any atom is -0.493 e. The number of unbranched alkanes of at least 4 members (excludes halogenated alkanes) is 6. The molecule has 0 radical (unpaired) electrons. The molecule has 16 nitrogen and oxygen atoms in total. The topological polar surface area (TPSA) is 204 Å². The van der Waals surface area contributed by atoms with Crippen molar-refractivity contribution in [2.45, 2.75) is 89.1 Å². The lowest BCUT2D eigenvalue weighted by Gasteiger charge is -2.26. The Balaban J connectivity index is 0.942.